The second-order valence-electron chi connectivity index (χ2n) is 9.97. The van der Waals surface area contributed by atoms with Gasteiger partial charge in [-0.2, -0.15) is 0 Å². The Bertz CT molecular complexity index is 1010. The van der Waals surface area contributed by atoms with E-state index in [1.54, 1.807) is 29.2 Å². The predicted octanol–water partition coefficient (Wildman–Crippen LogP) is 4.62. The summed E-state index contributed by atoms with van der Waals surface area (Å²) < 4.78 is 22.1. The summed E-state index contributed by atoms with van der Waals surface area (Å²) in [6.45, 7) is 5.31. The number of rotatable bonds is 13. The molecule has 0 bridgehead atoms. The topological polar surface area (TPSA) is 83.8 Å². The standard InChI is InChI=1S/C27H39FN6O3/c1-2-3-4-5-6-7-8-9-10-26(35)32-17-15-31(16-18-32)25-12-11-22(19-24(25)28)34-21-23(37-27(34)36)20-33-14-13-29-30-33/h11-14,19,23H,2-10,15-18,20-21H2,1H3/t23-/m0/s1. The number of piperazine rings is 1. The molecule has 9 nitrogen and oxygen atoms in total. The molecule has 2 aliphatic rings. The number of hydrogen-bond donors (Lipinski definition) is 0. The third-order valence-corrected chi connectivity index (χ3v) is 7.20. The van der Waals surface area contributed by atoms with E-state index in [1.165, 1.54) is 49.5 Å². The summed E-state index contributed by atoms with van der Waals surface area (Å²) in [7, 11) is 0. The third kappa shape index (κ3) is 7.42. The first-order chi connectivity index (χ1) is 18.0. The minimum atomic E-state index is -0.499. The Labute approximate surface area is 218 Å². The van der Waals surface area contributed by atoms with Crippen LogP contribution in [0.4, 0.5) is 20.6 Å². The molecule has 4 rings (SSSR count). The van der Waals surface area contributed by atoms with Crippen LogP contribution in [0.3, 0.4) is 0 Å². The fourth-order valence-electron chi connectivity index (χ4n) is 5.05. The number of carbonyl (C=O) groups is 2. The molecule has 0 spiro atoms. The molecule has 202 valence electrons. The highest BCUT2D eigenvalue weighted by Crippen LogP contribution is 2.29. The van der Waals surface area contributed by atoms with Gasteiger partial charge < -0.3 is 14.5 Å². The fraction of sp³-hybridized carbons (Fsp3) is 0.630. The van der Waals surface area contributed by atoms with E-state index in [4.69, 9.17) is 4.74 Å². The molecule has 37 heavy (non-hydrogen) atoms. The van der Waals surface area contributed by atoms with Crippen LogP contribution in [-0.2, 0) is 16.1 Å². The van der Waals surface area contributed by atoms with Gasteiger partial charge in [0.25, 0.3) is 0 Å². The molecule has 1 aromatic heterocycles. The van der Waals surface area contributed by atoms with E-state index in [0.717, 1.165) is 12.8 Å². The summed E-state index contributed by atoms with van der Waals surface area (Å²) in [6, 6.07) is 4.84. The second kappa shape index (κ2) is 13.4. The van der Waals surface area contributed by atoms with Crippen molar-refractivity contribution in [2.24, 2.45) is 0 Å². The lowest BCUT2D eigenvalue weighted by Crippen LogP contribution is -2.49. The van der Waals surface area contributed by atoms with Crippen molar-refractivity contribution in [1.82, 2.24) is 19.9 Å². The van der Waals surface area contributed by atoms with Crippen molar-refractivity contribution in [3.8, 4) is 0 Å². The van der Waals surface area contributed by atoms with Crippen molar-refractivity contribution >= 4 is 23.4 Å². The Balaban J connectivity index is 1.20. The highest BCUT2D eigenvalue weighted by Gasteiger charge is 2.33. The maximum Gasteiger partial charge on any atom is 0.414 e. The van der Waals surface area contributed by atoms with E-state index in [-0.39, 0.29) is 17.8 Å². The van der Waals surface area contributed by atoms with Gasteiger partial charge in [0.05, 0.1) is 30.7 Å². The Morgan fingerprint density at radius 3 is 2.46 bits per heavy atom. The average molecular weight is 515 g/mol. The number of aromatic nitrogens is 3. The zero-order chi connectivity index (χ0) is 26.0. The van der Waals surface area contributed by atoms with Gasteiger partial charge in [-0.3, -0.25) is 9.69 Å². The first kappa shape index (κ1) is 26.9. The summed E-state index contributed by atoms with van der Waals surface area (Å²) in [6.07, 6.45) is 12.7. The summed E-state index contributed by atoms with van der Waals surface area (Å²) >= 11 is 0. The molecule has 0 unspecified atom stereocenters. The quantitative estimate of drug-likeness (QED) is 0.363. The molecule has 2 fully saturated rings. The molecule has 10 heteroatoms. The van der Waals surface area contributed by atoms with Crippen molar-refractivity contribution in [3.63, 3.8) is 0 Å². The van der Waals surface area contributed by atoms with Gasteiger partial charge in [-0.15, -0.1) is 5.10 Å². The van der Waals surface area contributed by atoms with Crippen LogP contribution in [0, 0.1) is 5.82 Å². The Kier molecular flexibility index (Phi) is 9.73. The van der Waals surface area contributed by atoms with Crippen molar-refractivity contribution < 1.29 is 18.7 Å². The van der Waals surface area contributed by atoms with E-state index in [0.29, 0.717) is 57.1 Å². The van der Waals surface area contributed by atoms with Crippen LogP contribution in [0.15, 0.2) is 30.6 Å². The number of unbranched alkanes of at least 4 members (excludes halogenated alkanes) is 7. The minimum Gasteiger partial charge on any atom is -0.442 e. The van der Waals surface area contributed by atoms with Gasteiger partial charge in [0.2, 0.25) is 5.91 Å². The van der Waals surface area contributed by atoms with Crippen LogP contribution in [0.25, 0.3) is 0 Å². The van der Waals surface area contributed by atoms with Gasteiger partial charge in [-0.1, -0.05) is 57.1 Å². The van der Waals surface area contributed by atoms with Crippen molar-refractivity contribution in [2.75, 3.05) is 42.5 Å². The molecule has 3 heterocycles. The van der Waals surface area contributed by atoms with E-state index in [2.05, 4.69) is 17.2 Å². The average Bonchev–Trinajstić information content (AvgIpc) is 3.55. The molecular weight excluding hydrogens is 475 g/mol. The largest absolute Gasteiger partial charge is 0.442 e. The van der Waals surface area contributed by atoms with Crippen LogP contribution in [-0.4, -0.2) is 70.7 Å². The summed E-state index contributed by atoms with van der Waals surface area (Å²) in [5.41, 5.74) is 0.956. The number of halogens is 1. The van der Waals surface area contributed by atoms with Crippen LogP contribution < -0.4 is 9.80 Å². The number of nitrogens with zero attached hydrogens (tertiary/aromatic N) is 6. The number of ether oxygens (including phenoxy) is 1. The lowest BCUT2D eigenvalue weighted by molar-refractivity contribution is -0.131. The molecule has 2 amide bonds. The second-order valence-corrected chi connectivity index (χ2v) is 9.97. The fourth-order valence-corrected chi connectivity index (χ4v) is 5.05. The maximum absolute atomic E-state index is 15.1. The van der Waals surface area contributed by atoms with Crippen LogP contribution in [0.2, 0.25) is 0 Å². The first-order valence-corrected chi connectivity index (χ1v) is 13.7. The highest BCUT2D eigenvalue weighted by atomic mass is 19.1. The zero-order valence-electron chi connectivity index (χ0n) is 21.9. The van der Waals surface area contributed by atoms with Crippen molar-refractivity contribution in [1.29, 1.82) is 0 Å². The summed E-state index contributed by atoms with van der Waals surface area (Å²) in [5.74, 6) is -0.182. The van der Waals surface area contributed by atoms with E-state index >= 15 is 4.39 Å². The number of amides is 2. The first-order valence-electron chi connectivity index (χ1n) is 13.7. The number of hydrogen-bond acceptors (Lipinski definition) is 6. The highest BCUT2D eigenvalue weighted by molar-refractivity contribution is 5.90. The van der Waals surface area contributed by atoms with Gasteiger partial charge in [-0.05, 0) is 24.6 Å². The Hall–Kier alpha value is -3.17. The number of carbonyl (C=O) groups excluding carboxylic acids is 2. The predicted molar refractivity (Wildman–Crippen MR) is 140 cm³/mol. The molecule has 1 atom stereocenters. The molecule has 0 aliphatic carbocycles. The lowest BCUT2D eigenvalue weighted by atomic mass is 10.1. The lowest BCUT2D eigenvalue weighted by Gasteiger charge is -2.36. The van der Waals surface area contributed by atoms with Crippen molar-refractivity contribution in [2.45, 2.75) is 77.4 Å². The molecule has 1 aromatic carbocycles. The molecule has 2 aromatic rings. The van der Waals surface area contributed by atoms with E-state index in [1.807, 2.05) is 9.80 Å². The third-order valence-electron chi connectivity index (χ3n) is 7.20. The van der Waals surface area contributed by atoms with E-state index < -0.39 is 6.09 Å². The van der Waals surface area contributed by atoms with Gasteiger partial charge in [0, 0.05) is 38.8 Å². The Morgan fingerprint density at radius 2 is 1.78 bits per heavy atom. The molecule has 0 N–H and O–H groups in total. The van der Waals surface area contributed by atoms with Crippen molar-refractivity contribution in [3.05, 3.63) is 36.4 Å². The SMILES string of the molecule is CCCCCCCCCCC(=O)N1CCN(c2ccc(N3C[C@H](Cn4ccnn4)OC3=O)cc2F)CC1. The number of anilines is 2. The summed E-state index contributed by atoms with van der Waals surface area (Å²) in [5, 5.41) is 7.65. The van der Waals surface area contributed by atoms with Gasteiger partial charge >= 0.3 is 6.09 Å². The molecule has 2 aliphatic heterocycles. The molecule has 0 saturated carbocycles. The molecule has 2 saturated heterocycles. The van der Waals surface area contributed by atoms with Gasteiger partial charge in [-0.25, -0.2) is 13.9 Å². The summed E-state index contributed by atoms with van der Waals surface area (Å²) in [4.78, 5) is 30.3. The zero-order valence-corrected chi connectivity index (χ0v) is 21.9. The molecule has 0 radical (unpaired) electrons. The van der Waals surface area contributed by atoms with Gasteiger partial charge in [0.1, 0.15) is 11.9 Å². The normalized spacial score (nSPS) is 17.9. The van der Waals surface area contributed by atoms with Crippen LogP contribution >= 0.6 is 0 Å². The Morgan fingerprint density at radius 1 is 1.05 bits per heavy atom. The van der Waals surface area contributed by atoms with Crippen LogP contribution in [0.5, 0.6) is 0 Å². The number of benzene rings is 1. The monoisotopic (exact) mass is 514 g/mol. The smallest absolute Gasteiger partial charge is 0.414 e. The van der Waals surface area contributed by atoms with Gasteiger partial charge in [0.15, 0.2) is 0 Å². The molecular formula is C27H39FN6O3. The minimum absolute atomic E-state index is 0.203. The van der Waals surface area contributed by atoms with E-state index in [9.17, 15) is 9.59 Å². The number of cyclic esters (lactones) is 1. The van der Waals surface area contributed by atoms with Crippen LogP contribution in [0.1, 0.15) is 64.7 Å². The maximum atomic E-state index is 15.1.